The van der Waals surface area contributed by atoms with Gasteiger partial charge >= 0.3 is 0 Å². The maximum Gasteiger partial charge on any atom is 0.274 e. The molecule has 0 radical (unpaired) electrons. The summed E-state index contributed by atoms with van der Waals surface area (Å²) in [7, 11) is 1.75. The third kappa shape index (κ3) is 2.09. The fraction of sp³-hybridized carbons (Fsp3) is 0.167. The number of pyridine rings is 1. The predicted octanol–water partition coefficient (Wildman–Crippen LogP) is 4.06. The summed E-state index contributed by atoms with van der Waals surface area (Å²) in [5, 5.41) is 1.54. The van der Waals surface area contributed by atoms with Crippen molar-refractivity contribution in [3.8, 4) is 11.1 Å². The largest absolute Gasteiger partial charge is 0.394 e. The summed E-state index contributed by atoms with van der Waals surface area (Å²) in [4.78, 5) is 12.5. The molecule has 0 bridgehead atoms. The maximum atomic E-state index is 12.5. The molecule has 3 nitrogen and oxygen atoms in total. The number of benzene rings is 2. The van der Waals surface area contributed by atoms with Crippen LogP contribution in [0.3, 0.4) is 0 Å². The Morgan fingerprint density at radius 2 is 1.82 bits per heavy atom. The molecule has 0 unspecified atom stereocenters. The maximum absolute atomic E-state index is 12.5. The first-order chi connectivity index (χ1) is 10.4. The van der Waals surface area contributed by atoms with E-state index in [4.69, 9.17) is 17.3 Å². The van der Waals surface area contributed by atoms with Gasteiger partial charge < -0.3 is 10.3 Å². The molecule has 112 valence electrons. The number of hydrogen-bond acceptors (Lipinski definition) is 2. The third-order valence-electron chi connectivity index (χ3n) is 4.00. The van der Waals surface area contributed by atoms with E-state index in [-0.39, 0.29) is 11.2 Å². The van der Waals surface area contributed by atoms with Crippen molar-refractivity contribution in [3.05, 3.63) is 62.9 Å². The summed E-state index contributed by atoms with van der Waals surface area (Å²) in [6.45, 7) is 4.03. The van der Waals surface area contributed by atoms with Gasteiger partial charge in [0.25, 0.3) is 5.56 Å². The number of rotatable bonds is 1. The van der Waals surface area contributed by atoms with Crippen LogP contribution in [0.4, 0.5) is 5.69 Å². The molecule has 0 spiro atoms. The van der Waals surface area contributed by atoms with Crippen LogP contribution in [-0.2, 0) is 7.05 Å². The molecule has 2 aromatic carbocycles. The molecule has 0 saturated heterocycles. The lowest BCUT2D eigenvalue weighted by atomic mass is 9.96. The average molecular weight is 313 g/mol. The minimum Gasteiger partial charge on any atom is -0.394 e. The highest BCUT2D eigenvalue weighted by atomic mass is 35.5. The first-order valence-corrected chi connectivity index (χ1v) is 7.44. The van der Waals surface area contributed by atoms with Crippen LogP contribution in [0.25, 0.3) is 22.0 Å². The van der Waals surface area contributed by atoms with Crippen LogP contribution >= 0.6 is 11.6 Å². The number of fused-ring (bicyclic) bond motifs is 1. The van der Waals surface area contributed by atoms with E-state index in [0.29, 0.717) is 5.02 Å². The lowest BCUT2D eigenvalue weighted by Gasteiger charge is -2.17. The molecule has 0 aliphatic carbocycles. The number of hydrogen-bond donors (Lipinski definition) is 1. The Kier molecular flexibility index (Phi) is 3.45. The van der Waals surface area contributed by atoms with Gasteiger partial charge in [0.05, 0.1) is 5.52 Å². The Labute approximate surface area is 133 Å². The highest BCUT2D eigenvalue weighted by molar-refractivity contribution is 6.34. The molecular formula is C18H17ClN2O. The minimum absolute atomic E-state index is 0.200. The molecule has 0 saturated carbocycles. The molecule has 0 atom stereocenters. The Bertz CT molecular complexity index is 957. The van der Waals surface area contributed by atoms with E-state index in [1.165, 1.54) is 0 Å². The van der Waals surface area contributed by atoms with Gasteiger partial charge in [0.1, 0.15) is 5.69 Å². The molecular weight excluding hydrogens is 296 g/mol. The molecule has 1 aromatic heterocycles. The van der Waals surface area contributed by atoms with E-state index in [1.54, 1.807) is 11.6 Å². The Hall–Kier alpha value is -2.26. The molecule has 3 aromatic rings. The van der Waals surface area contributed by atoms with Gasteiger partial charge in [-0.15, -0.1) is 0 Å². The SMILES string of the molecule is Cc1cc(C)c2c(c1)c(-c1ccccc1Cl)c(N)c(=O)n2C. The molecule has 0 fully saturated rings. The number of nitrogens with zero attached hydrogens (tertiary/aromatic N) is 1. The van der Waals surface area contributed by atoms with Crippen LogP contribution in [0, 0.1) is 13.8 Å². The predicted molar refractivity (Wildman–Crippen MR) is 93.5 cm³/mol. The first kappa shape index (κ1) is 14.7. The Morgan fingerprint density at radius 3 is 2.50 bits per heavy atom. The van der Waals surface area contributed by atoms with E-state index in [0.717, 1.165) is 33.2 Å². The quantitative estimate of drug-likeness (QED) is 0.736. The zero-order valence-electron chi connectivity index (χ0n) is 12.8. The van der Waals surface area contributed by atoms with Crippen molar-refractivity contribution < 1.29 is 0 Å². The zero-order valence-corrected chi connectivity index (χ0v) is 13.5. The normalized spacial score (nSPS) is 11.1. The first-order valence-electron chi connectivity index (χ1n) is 7.06. The van der Waals surface area contributed by atoms with E-state index in [9.17, 15) is 4.79 Å². The summed E-state index contributed by atoms with van der Waals surface area (Å²) >= 11 is 6.34. The van der Waals surface area contributed by atoms with Crippen molar-refractivity contribution in [2.45, 2.75) is 13.8 Å². The van der Waals surface area contributed by atoms with E-state index in [1.807, 2.05) is 38.1 Å². The van der Waals surface area contributed by atoms with Gasteiger partial charge in [-0.3, -0.25) is 4.79 Å². The molecule has 2 N–H and O–H groups in total. The molecule has 0 aliphatic heterocycles. The standard InChI is InChI=1S/C18H17ClN2O/c1-10-8-11(2)17-13(9-10)15(16(20)18(22)21(17)3)12-6-4-5-7-14(12)19/h4-9H,20H2,1-3H3. The van der Waals surface area contributed by atoms with Crippen molar-refractivity contribution in [1.29, 1.82) is 0 Å². The summed E-state index contributed by atoms with van der Waals surface area (Å²) < 4.78 is 1.61. The van der Waals surface area contributed by atoms with Gasteiger partial charge in [-0.1, -0.05) is 41.4 Å². The van der Waals surface area contributed by atoms with Crippen molar-refractivity contribution in [2.75, 3.05) is 5.73 Å². The van der Waals surface area contributed by atoms with Gasteiger partial charge in [0.15, 0.2) is 0 Å². The van der Waals surface area contributed by atoms with Gasteiger partial charge in [0.2, 0.25) is 0 Å². The van der Waals surface area contributed by atoms with Crippen LogP contribution in [0.15, 0.2) is 41.2 Å². The third-order valence-corrected chi connectivity index (χ3v) is 4.33. The smallest absolute Gasteiger partial charge is 0.274 e. The van der Waals surface area contributed by atoms with Gasteiger partial charge in [-0.25, -0.2) is 0 Å². The lowest BCUT2D eigenvalue weighted by Crippen LogP contribution is -2.22. The van der Waals surface area contributed by atoms with Crippen molar-refractivity contribution in [1.82, 2.24) is 4.57 Å². The zero-order chi connectivity index (χ0) is 16.0. The van der Waals surface area contributed by atoms with E-state index < -0.39 is 0 Å². The highest BCUT2D eigenvalue weighted by Gasteiger charge is 2.17. The van der Waals surface area contributed by atoms with Crippen molar-refractivity contribution >= 4 is 28.2 Å². The summed E-state index contributed by atoms with van der Waals surface area (Å²) in [6, 6.07) is 11.6. The van der Waals surface area contributed by atoms with Gasteiger partial charge in [-0.2, -0.15) is 0 Å². The second-order valence-corrected chi connectivity index (χ2v) is 6.02. The van der Waals surface area contributed by atoms with Crippen molar-refractivity contribution in [3.63, 3.8) is 0 Å². The number of nitrogens with two attached hydrogens (primary N) is 1. The average Bonchev–Trinajstić information content (AvgIpc) is 2.46. The number of anilines is 1. The second kappa shape index (κ2) is 5.18. The van der Waals surface area contributed by atoms with Crippen molar-refractivity contribution in [2.24, 2.45) is 7.05 Å². The van der Waals surface area contributed by atoms with E-state index in [2.05, 4.69) is 12.1 Å². The van der Waals surface area contributed by atoms with Crippen LogP contribution in [-0.4, -0.2) is 4.57 Å². The van der Waals surface area contributed by atoms with E-state index >= 15 is 0 Å². The fourth-order valence-corrected chi connectivity index (χ4v) is 3.31. The molecule has 22 heavy (non-hydrogen) atoms. The fourth-order valence-electron chi connectivity index (χ4n) is 3.08. The summed E-state index contributed by atoms with van der Waals surface area (Å²) in [6.07, 6.45) is 0. The minimum atomic E-state index is -0.200. The van der Waals surface area contributed by atoms with Crippen LogP contribution in [0.5, 0.6) is 0 Å². The molecule has 4 heteroatoms. The van der Waals surface area contributed by atoms with Crippen LogP contribution in [0.1, 0.15) is 11.1 Å². The summed E-state index contributed by atoms with van der Waals surface area (Å²) in [5.41, 5.74) is 10.7. The Balaban J connectivity index is 2.60. The molecule has 0 aliphatic rings. The van der Waals surface area contributed by atoms with Crippen LogP contribution in [0.2, 0.25) is 5.02 Å². The number of nitrogen functional groups attached to an aromatic ring is 1. The number of aromatic nitrogens is 1. The molecule has 0 amide bonds. The topological polar surface area (TPSA) is 48.0 Å². The molecule has 1 heterocycles. The second-order valence-electron chi connectivity index (χ2n) is 5.61. The highest BCUT2D eigenvalue weighted by Crippen LogP contribution is 2.37. The monoisotopic (exact) mass is 312 g/mol. The number of aryl methyl sites for hydroxylation is 3. The molecule has 3 rings (SSSR count). The van der Waals surface area contributed by atoms with Crippen LogP contribution < -0.4 is 11.3 Å². The lowest BCUT2D eigenvalue weighted by molar-refractivity contribution is 0.906. The summed E-state index contributed by atoms with van der Waals surface area (Å²) in [5.74, 6) is 0. The van der Waals surface area contributed by atoms with Gasteiger partial charge in [0, 0.05) is 28.6 Å². The number of halogens is 1. The van der Waals surface area contributed by atoms with Gasteiger partial charge in [-0.05, 0) is 31.5 Å². The Morgan fingerprint density at radius 1 is 1.14 bits per heavy atom.